The number of hydrogen-bond acceptors (Lipinski definition) is 3. The van der Waals surface area contributed by atoms with Crippen molar-refractivity contribution in [2.75, 3.05) is 0 Å². The van der Waals surface area contributed by atoms with E-state index < -0.39 is 0 Å². The molecule has 0 aromatic carbocycles. The van der Waals surface area contributed by atoms with E-state index in [-0.39, 0.29) is 0 Å². The van der Waals surface area contributed by atoms with Crippen molar-refractivity contribution in [1.82, 2.24) is 15.0 Å². The third kappa shape index (κ3) is 1.77. The molecule has 0 unspecified atom stereocenters. The molecule has 58 valence electrons. The Morgan fingerprint density at radius 3 is 3.18 bits per heavy atom. The van der Waals surface area contributed by atoms with Gasteiger partial charge in [-0.15, -0.1) is 5.10 Å². The molecule has 1 aromatic heterocycles. The van der Waals surface area contributed by atoms with Crippen LogP contribution in [0, 0.1) is 11.3 Å². The van der Waals surface area contributed by atoms with Gasteiger partial charge in [0, 0.05) is 6.54 Å². The summed E-state index contributed by atoms with van der Waals surface area (Å²) in [6, 6.07) is 2.07. The number of nitrogens with zero attached hydrogens (tertiary/aromatic N) is 4. The van der Waals surface area contributed by atoms with Crippen molar-refractivity contribution in [3.8, 4) is 6.07 Å². The Balaban J connectivity index is 2.71. The minimum Gasteiger partial charge on any atom is -0.248 e. The average molecular weight is 150 g/mol. The van der Waals surface area contributed by atoms with Crippen LogP contribution in [0.15, 0.2) is 6.20 Å². The Morgan fingerprint density at radius 1 is 1.73 bits per heavy atom. The number of rotatable bonds is 3. The third-order valence-corrected chi connectivity index (χ3v) is 1.39. The molecule has 0 saturated carbocycles. The van der Waals surface area contributed by atoms with E-state index in [2.05, 4.69) is 23.3 Å². The fourth-order valence-corrected chi connectivity index (χ4v) is 0.897. The molecule has 0 atom stereocenters. The number of hydrogen-bond donors (Lipinski definition) is 0. The van der Waals surface area contributed by atoms with Gasteiger partial charge in [-0.2, -0.15) is 5.26 Å². The quantitative estimate of drug-likeness (QED) is 0.639. The lowest BCUT2D eigenvalue weighted by atomic mass is 10.3. The normalized spacial score (nSPS) is 9.45. The summed E-state index contributed by atoms with van der Waals surface area (Å²) < 4.78 is 1.77. The molecule has 0 radical (unpaired) electrons. The summed E-state index contributed by atoms with van der Waals surface area (Å²) in [5.41, 5.74) is 0.898. The van der Waals surface area contributed by atoms with Crippen LogP contribution in [0.25, 0.3) is 0 Å². The average Bonchev–Trinajstić information content (AvgIpc) is 2.39. The Morgan fingerprint density at radius 2 is 2.55 bits per heavy atom. The van der Waals surface area contributed by atoms with Gasteiger partial charge in [-0.25, -0.2) is 4.68 Å². The van der Waals surface area contributed by atoms with Crippen LogP contribution in [0.1, 0.15) is 19.0 Å². The van der Waals surface area contributed by atoms with Crippen LogP contribution < -0.4 is 0 Å². The molecule has 0 aliphatic heterocycles. The predicted molar refractivity (Wildman–Crippen MR) is 39.6 cm³/mol. The van der Waals surface area contributed by atoms with Gasteiger partial charge in [0.2, 0.25) is 0 Å². The number of aryl methyl sites for hydroxylation is 1. The second-order valence-corrected chi connectivity index (χ2v) is 2.28. The van der Waals surface area contributed by atoms with Crippen molar-refractivity contribution >= 4 is 0 Å². The Bertz CT molecular complexity index is 258. The van der Waals surface area contributed by atoms with Crippen molar-refractivity contribution in [1.29, 1.82) is 5.26 Å². The molecule has 4 heteroatoms. The van der Waals surface area contributed by atoms with Crippen LogP contribution in [0.5, 0.6) is 0 Å². The molecule has 0 bridgehead atoms. The number of aromatic nitrogens is 3. The molecular weight excluding hydrogens is 140 g/mol. The maximum Gasteiger partial charge on any atom is 0.0787 e. The number of nitriles is 1. The van der Waals surface area contributed by atoms with Gasteiger partial charge in [-0.05, 0) is 6.42 Å². The zero-order valence-corrected chi connectivity index (χ0v) is 6.49. The topological polar surface area (TPSA) is 54.5 Å². The highest BCUT2D eigenvalue weighted by molar-refractivity contribution is 5.01. The van der Waals surface area contributed by atoms with E-state index in [1.54, 1.807) is 10.9 Å². The fourth-order valence-electron chi connectivity index (χ4n) is 0.897. The summed E-state index contributed by atoms with van der Waals surface area (Å²) in [6.07, 6.45) is 3.05. The van der Waals surface area contributed by atoms with E-state index in [0.29, 0.717) is 6.42 Å². The van der Waals surface area contributed by atoms with Gasteiger partial charge in [-0.3, -0.25) is 0 Å². The summed E-state index contributed by atoms with van der Waals surface area (Å²) in [5, 5.41) is 16.0. The fraction of sp³-hybridized carbons (Fsp3) is 0.571. The minimum absolute atomic E-state index is 0.396. The first-order valence-corrected chi connectivity index (χ1v) is 3.62. The summed E-state index contributed by atoms with van der Waals surface area (Å²) in [6.45, 7) is 2.91. The highest BCUT2D eigenvalue weighted by Crippen LogP contribution is 1.97. The molecule has 0 aliphatic rings. The van der Waals surface area contributed by atoms with Gasteiger partial charge in [0.1, 0.15) is 0 Å². The monoisotopic (exact) mass is 150 g/mol. The van der Waals surface area contributed by atoms with Gasteiger partial charge < -0.3 is 0 Å². The molecule has 0 fully saturated rings. The summed E-state index contributed by atoms with van der Waals surface area (Å²) in [4.78, 5) is 0. The highest BCUT2D eigenvalue weighted by Gasteiger charge is 2.00. The smallest absolute Gasteiger partial charge is 0.0787 e. The van der Waals surface area contributed by atoms with Crippen molar-refractivity contribution in [3.05, 3.63) is 11.9 Å². The zero-order chi connectivity index (χ0) is 8.10. The molecule has 0 N–H and O–H groups in total. The molecule has 4 nitrogen and oxygen atoms in total. The van der Waals surface area contributed by atoms with Crippen LogP contribution in [0.3, 0.4) is 0 Å². The van der Waals surface area contributed by atoms with E-state index in [1.807, 2.05) is 0 Å². The minimum atomic E-state index is 0.396. The maximum absolute atomic E-state index is 8.41. The van der Waals surface area contributed by atoms with E-state index in [9.17, 15) is 0 Å². The van der Waals surface area contributed by atoms with Crippen molar-refractivity contribution in [2.24, 2.45) is 0 Å². The lowest BCUT2D eigenvalue weighted by Gasteiger charge is -1.98. The molecule has 0 saturated heterocycles. The molecule has 1 rings (SSSR count). The first-order valence-electron chi connectivity index (χ1n) is 3.62. The summed E-state index contributed by atoms with van der Waals surface area (Å²) >= 11 is 0. The van der Waals surface area contributed by atoms with Crippen LogP contribution in [0.2, 0.25) is 0 Å². The van der Waals surface area contributed by atoms with Crippen LogP contribution in [0.4, 0.5) is 0 Å². The second-order valence-electron chi connectivity index (χ2n) is 2.28. The highest BCUT2D eigenvalue weighted by atomic mass is 15.4. The van der Waals surface area contributed by atoms with Crippen LogP contribution >= 0.6 is 0 Å². The largest absolute Gasteiger partial charge is 0.248 e. The van der Waals surface area contributed by atoms with Crippen molar-refractivity contribution < 1.29 is 0 Å². The first-order chi connectivity index (χ1) is 5.38. The zero-order valence-electron chi connectivity index (χ0n) is 6.49. The van der Waals surface area contributed by atoms with Crippen LogP contribution in [-0.2, 0) is 13.0 Å². The lowest BCUT2D eigenvalue weighted by molar-refractivity contribution is 0.561. The third-order valence-electron chi connectivity index (χ3n) is 1.39. The first kappa shape index (κ1) is 7.73. The molecule has 0 aliphatic carbocycles. The van der Waals surface area contributed by atoms with E-state index >= 15 is 0 Å². The Kier molecular flexibility index (Phi) is 2.61. The molecule has 11 heavy (non-hydrogen) atoms. The lowest BCUT2D eigenvalue weighted by Crippen LogP contribution is -2.03. The summed E-state index contributed by atoms with van der Waals surface area (Å²) in [7, 11) is 0. The molecule has 1 heterocycles. The standard InChI is InChI=1S/C7H10N4/c1-2-5-11-7(3-4-8)6-9-10-11/h6H,2-3,5H2,1H3. The van der Waals surface area contributed by atoms with Gasteiger partial charge >= 0.3 is 0 Å². The molecule has 0 amide bonds. The predicted octanol–water partition coefficient (Wildman–Crippen LogP) is 0.754. The van der Waals surface area contributed by atoms with Gasteiger partial charge in [0.05, 0.1) is 24.4 Å². The molecular formula is C7H10N4. The molecule has 0 spiro atoms. The van der Waals surface area contributed by atoms with Crippen LogP contribution in [-0.4, -0.2) is 15.0 Å². The van der Waals surface area contributed by atoms with Gasteiger partial charge in [0.15, 0.2) is 0 Å². The van der Waals surface area contributed by atoms with E-state index in [4.69, 9.17) is 5.26 Å². The maximum atomic E-state index is 8.41. The SMILES string of the molecule is CCCn1nncc1CC#N. The molecule has 1 aromatic rings. The second kappa shape index (κ2) is 3.71. The van der Waals surface area contributed by atoms with Crippen molar-refractivity contribution in [3.63, 3.8) is 0 Å². The van der Waals surface area contributed by atoms with Gasteiger partial charge in [0.25, 0.3) is 0 Å². The van der Waals surface area contributed by atoms with Crippen molar-refractivity contribution in [2.45, 2.75) is 26.3 Å². The van der Waals surface area contributed by atoms with E-state index in [1.165, 1.54) is 0 Å². The van der Waals surface area contributed by atoms with Gasteiger partial charge in [-0.1, -0.05) is 12.1 Å². The Hall–Kier alpha value is -1.37. The summed E-state index contributed by atoms with van der Waals surface area (Å²) in [5.74, 6) is 0. The van der Waals surface area contributed by atoms with E-state index in [0.717, 1.165) is 18.7 Å². The Labute approximate surface area is 65.4 Å².